The SMILES string of the molecule is CC1(C)C(N)C1c1cc(Cl)ncc1Br. The normalized spacial score (nSPS) is 28.9. The molecule has 0 aliphatic heterocycles. The van der Waals surface area contributed by atoms with Crippen molar-refractivity contribution < 1.29 is 0 Å². The Labute approximate surface area is 97.0 Å². The lowest BCUT2D eigenvalue weighted by molar-refractivity contribution is 0.598. The van der Waals surface area contributed by atoms with Gasteiger partial charge in [-0.3, -0.25) is 0 Å². The van der Waals surface area contributed by atoms with Crippen LogP contribution in [0.2, 0.25) is 5.15 Å². The van der Waals surface area contributed by atoms with Crippen molar-refractivity contribution in [3.05, 3.63) is 27.5 Å². The lowest BCUT2D eigenvalue weighted by Crippen LogP contribution is -2.06. The molecule has 0 amide bonds. The van der Waals surface area contributed by atoms with Crippen molar-refractivity contribution >= 4 is 27.5 Å². The fourth-order valence-electron chi connectivity index (χ4n) is 1.94. The molecule has 1 saturated carbocycles. The predicted molar refractivity (Wildman–Crippen MR) is 61.4 cm³/mol. The van der Waals surface area contributed by atoms with E-state index in [-0.39, 0.29) is 11.5 Å². The predicted octanol–water partition coefficient (Wildman–Crippen LogP) is 2.95. The summed E-state index contributed by atoms with van der Waals surface area (Å²) in [6.45, 7) is 4.34. The lowest BCUT2D eigenvalue weighted by Gasteiger charge is -2.05. The van der Waals surface area contributed by atoms with Crippen LogP contribution in [-0.4, -0.2) is 11.0 Å². The third-order valence-electron chi connectivity index (χ3n) is 3.10. The Morgan fingerprint density at radius 3 is 2.64 bits per heavy atom. The molecule has 2 unspecified atom stereocenters. The van der Waals surface area contributed by atoms with Gasteiger partial charge in [0.1, 0.15) is 5.15 Å². The summed E-state index contributed by atoms with van der Waals surface area (Å²) in [4.78, 5) is 4.00. The van der Waals surface area contributed by atoms with E-state index < -0.39 is 0 Å². The van der Waals surface area contributed by atoms with Gasteiger partial charge >= 0.3 is 0 Å². The fourth-order valence-corrected chi connectivity index (χ4v) is 2.57. The summed E-state index contributed by atoms with van der Waals surface area (Å²) in [5.74, 6) is 0.386. The van der Waals surface area contributed by atoms with Crippen LogP contribution in [-0.2, 0) is 0 Å². The molecular formula is C10H12BrClN2. The first kappa shape index (κ1) is 10.4. The van der Waals surface area contributed by atoms with Crippen molar-refractivity contribution in [2.24, 2.45) is 11.1 Å². The third-order valence-corrected chi connectivity index (χ3v) is 3.97. The second kappa shape index (κ2) is 3.19. The van der Waals surface area contributed by atoms with Crippen LogP contribution in [0.1, 0.15) is 25.3 Å². The van der Waals surface area contributed by atoms with E-state index in [0.717, 1.165) is 4.47 Å². The molecule has 4 heteroatoms. The molecule has 0 aromatic carbocycles. The molecule has 1 aliphatic carbocycles. The number of halogens is 2. The largest absolute Gasteiger partial charge is 0.327 e. The van der Waals surface area contributed by atoms with Gasteiger partial charge in [0.2, 0.25) is 0 Å². The third kappa shape index (κ3) is 1.47. The average Bonchev–Trinajstić information content (AvgIpc) is 2.58. The maximum absolute atomic E-state index is 6.01. The standard InChI is InChI=1S/C10H12BrClN2/c1-10(2)8(9(10)13)5-3-7(12)14-4-6(5)11/h3-4,8-9H,13H2,1-2H3. The molecule has 2 rings (SSSR count). The highest BCUT2D eigenvalue weighted by molar-refractivity contribution is 9.10. The van der Waals surface area contributed by atoms with Gasteiger partial charge in [-0.15, -0.1) is 0 Å². The highest BCUT2D eigenvalue weighted by atomic mass is 79.9. The highest BCUT2D eigenvalue weighted by Gasteiger charge is 2.56. The van der Waals surface area contributed by atoms with E-state index in [4.69, 9.17) is 17.3 Å². The van der Waals surface area contributed by atoms with E-state index in [1.54, 1.807) is 6.20 Å². The van der Waals surface area contributed by atoms with Gasteiger partial charge in [0.15, 0.2) is 0 Å². The first-order chi connectivity index (χ1) is 6.44. The molecule has 1 aliphatic rings. The Bertz CT molecular complexity index is 378. The molecule has 76 valence electrons. The minimum atomic E-state index is 0.174. The number of nitrogens with two attached hydrogens (primary N) is 1. The van der Waals surface area contributed by atoms with Gasteiger partial charge < -0.3 is 5.73 Å². The van der Waals surface area contributed by atoms with Crippen LogP contribution < -0.4 is 5.73 Å². The van der Waals surface area contributed by atoms with E-state index in [0.29, 0.717) is 11.1 Å². The first-order valence-corrected chi connectivity index (χ1v) is 5.68. The van der Waals surface area contributed by atoms with Crippen molar-refractivity contribution in [1.29, 1.82) is 0 Å². The molecule has 1 aromatic rings. The van der Waals surface area contributed by atoms with Crippen LogP contribution in [0.15, 0.2) is 16.7 Å². The number of hydrogen-bond donors (Lipinski definition) is 1. The number of nitrogens with zero attached hydrogens (tertiary/aromatic N) is 1. The second-order valence-electron chi connectivity index (χ2n) is 4.35. The van der Waals surface area contributed by atoms with E-state index in [1.807, 2.05) is 6.07 Å². The van der Waals surface area contributed by atoms with Gasteiger partial charge in [0.25, 0.3) is 0 Å². The van der Waals surface area contributed by atoms with Gasteiger partial charge in [-0.1, -0.05) is 25.4 Å². The summed E-state index contributed by atoms with van der Waals surface area (Å²) in [6.07, 6.45) is 1.73. The topological polar surface area (TPSA) is 38.9 Å². The molecule has 1 fully saturated rings. The minimum absolute atomic E-state index is 0.174. The number of rotatable bonds is 1. The van der Waals surface area contributed by atoms with Crippen LogP contribution >= 0.6 is 27.5 Å². The molecule has 14 heavy (non-hydrogen) atoms. The Morgan fingerprint density at radius 2 is 2.14 bits per heavy atom. The lowest BCUT2D eigenvalue weighted by atomic mass is 10.0. The molecule has 0 spiro atoms. The van der Waals surface area contributed by atoms with Gasteiger partial charge in [0, 0.05) is 22.6 Å². The number of hydrogen-bond acceptors (Lipinski definition) is 2. The molecular weight excluding hydrogens is 263 g/mol. The monoisotopic (exact) mass is 274 g/mol. The Hall–Kier alpha value is -0.120. The van der Waals surface area contributed by atoms with Crippen molar-refractivity contribution in [3.63, 3.8) is 0 Å². The van der Waals surface area contributed by atoms with Gasteiger partial charge in [-0.05, 0) is 33.0 Å². The summed E-state index contributed by atoms with van der Waals surface area (Å²) >= 11 is 9.33. The molecule has 0 saturated heterocycles. The van der Waals surface area contributed by atoms with E-state index in [9.17, 15) is 0 Å². The average molecular weight is 276 g/mol. The van der Waals surface area contributed by atoms with Crippen molar-refractivity contribution in [2.75, 3.05) is 0 Å². The second-order valence-corrected chi connectivity index (χ2v) is 5.59. The zero-order valence-electron chi connectivity index (χ0n) is 8.09. The van der Waals surface area contributed by atoms with Gasteiger partial charge in [0.05, 0.1) is 0 Å². The molecule has 1 heterocycles. The first-order valence-electron chi connectivity index (χ1n) is 4.51. The Morgan fingerprint density at radius 1 is 1.57 bits per heavy atom. The highest BCUT2D eigenvalue weighted by Crippen LogP contribution is 2.58. The summed E-state index contributed by atoms with van der Waals surface area (Å²) in [7, 11) is 0. The molecule has 0 radical (unpaired) electrons. The maximum atomic E-state index is 6.01. The molecule has 0 bridgehead atoms. The van der Waals surface area contributed by atoms with Gasteiger partial charge in [-0.2, -0.15) is 0 Å². The maximum Gasteiger partial charge on any atom is 0.129 e. The molecule has 2 nitrogen and oxygen atoms in total. The van der Waals surface area contributed by atoms with E-state index in [1.165, 1.54) is 5.56 Å². The van der Waals surface area contributed by atoms with Crippen molar-refractivity contribution in [1.82, 2.24) is 4.98 Å². The summed E-state index contributed by atoms with van der Waals surface area (Å²) in [5.41, 5.74) is 7.35. The molecule has 1 aromatic heterocycles. The van der Waals surface area contributed by atoms with Gasteiger partial charge in [-0.25, -0.2) is 4.98 Å². The quantitative estimate of drug-likeness (QED) is 0.800. The summed E-state index contributed by atoms with van der Waals surface area (Å²) < 4.78 is 0.993. The smallest absolute Gasteiger partial charge is 0.129 e. The zero-order chi connectivity index (χ0) is 10.5. The Balaban J connectivity index is 2.39. The Kier molecular flexibility index (Phi) is 2.37. The fraction of sp³-hybridized carbons (Fsp3) is 0.500. The van der Waals surface area contributed by atoms with Crippen molar-refractivity contribution in [3.8, 4) is 0 Å². The number of pyridine rings is 1. The van der Waals surface area contributed by atoms with Crippen LogP contribution in [0, 0.1) is 5.41 Å². The van der Waals surface area contributed by atoms with Crippen LogP contribution in [0.25, 0.3) is 0 Å². The zero-order valence-corrected chi connectivity index (χ0v) is 10.4. The van der Waals surface area contributed by atoms with Crippen LogP contribution in [0.4, 0.5) is 0 Å². The number of aromatic nitrogens is 1. The van der Waals surface area contributed by atoms with E-state index in [2.05, 4.69) is 34.8 Å². The minimum Gasteiger partial charge on any atom is -0.327 e. The molecule has 2 N–H and O–H groups in total. The summed E-state index contributed by atoms with van der Waals surface area (Å²) in [6, 6.07) is 2.11. The van der Waals surface area contributed by atoms with Crippen LogP contribution in [0.3, 0.4) is 0 Å². The van der Waals surface area contributed by atoms with E-state index >= 15 is 0 Å². The summed E-state index contributed by atoms with van der Waals surface area (Å²) in [5, 5.41) is 0.526. The van der Waals surface area contributed by atoms with Crippen molar-refractivity contribution in [2.45, 2.75) is 25.8 Å². The van der Waals surface area contributed by atoms with Crippen LogP contribution in [0.5, 0.6) is 0 Å². The molecule has 2 atom stereocenters.